The second-order valence-electron chi connectivity index (χ2n) is 5.70. The zero-order valence-electron chi connectivity index (χ0n) is 12.1. The number of aliphatic hydroxyl groups is 1. The molecule has 0 aliphatic heterocycles. The molecule has 1 N–H and O–H groups in total. The Hall–Kier alpha value is -1.06. The lowest BCUT2D eigenvalue weighted by Gasteiger charge is -2.41. The Morgan fingerprint density at radius 2 is 2.05 bits per heavy atom. The third kappa shape index (κ3) is 3.48. The summed E-state index contributed by atoms with van der Waals surface area (Å²) in [6, 6.07) is 7.72. The van der Waals surface area contributed by atoms with Crippen molar-refractivity contribution in [2.24, 2.45) is 0 Å². The lowest BCUT2D eigenvalue weighted by atomic mass is 9.75. The van der Waals surface area contributed by atoms with Crippen LogP contribution in [0.3, 0.4) is 0 Å². The van der Waals surface area contributed by atoms with Gasteiger partial charge in [-0.05, 0) is 50.8 Å². The second-order valence-corrected chi connectivity index (χ2v) is 5.70. The van der Waals surface area contributed by atoms with Crippen molar-refractivity contribution >= 4 is 0 Å². The molecular weight excluding hydrogens is 240 g/mol. The largest absolute Gasteiger partial charge is 0.491 e. The number of aliphatic hydroxyl groups excluding tert-OH is 1. The van der Waals surface area contributed by atoms with Gasteiger partial charge in [-0.2, -0.15) is 0 Å². The lowest BCUT2D eigenvalue weighted by molar-refractivity contribution is -0.0999. The molecule has 1 aliphatic carbocycles. The summed E-state index contributed by atoms with van der Waals surface area (Å²) in [7, 11) is 1.74. The maximum atomic E-state index is 10.4. The molecule has 106 valence electrons. The van der Waals surface area contributed by atoms with Crippen LogP contribution in [0.2, 0.25) is 0 Å². The Bertz CT molecular complexity index is 405. The van der Waals surface area contributed by atoms with Crippen molar-refractivity contribution in [1.82, 2.24) is 0 Å². The predicted molar refractivity (Wildman–Crippen MR) is 75.4 cm³/mol. The Labute approximate surface area is 115 Å². The van der Waals surface area contributed by atoms with Gasteiger partial charge >= 0.3 is 0 Å². The molecule has 2 rings (SSSR count). The van der Waals surface area contributed by atoms with Crippen LogP contribution in [-0.2, 0) is 4.74 Å². The molecule has 0 aromatic heterocycles. The van der Waals surface area contributed by atoms with E-state index >= 15 is 0 Å². The molecule has 3 nitrogen and oxygen atoms in total. The highest BCUT2D eigenvalue weighted by Gasteiger charge is 2.39. The maximum absolute atomic E-state index is 10.4. The average Bonchev–Trinajstić information content (AvgIpc) is 2.33. The number of hydrogen-bond donors (Lipinski definition) is 1. The standard InChI is InChI=1S/C16H24O3/c1-12(2)19-14-7-4-6-13(10-14)15(17)11-16(18-3)8-5-9-16/h4,6-7,10,12,15,17H,5,8-9,11H2,1-3H3. The zero-order chi connectivity index (χ0) is 13.9. The van der Waals surface area contributed by atoms with Gasteiger partial charge in [-0.25, -0.2) is 0 Å². The highest BCUT2D eigenvalue weighted by Crippen LogP contribution is 2.42. The summed E-state index contributed by atoms with van der Waals surface area (Å²) in [6.07, 6.45) is 3.59. The number of methoxy groups -OCH3 is 1. The molecule has 0 saturated heterocycles. The summed E-state index contributed by atoms with van der Waals surface area (Å²) in [5.41, 5.74) is 0.787. The summed E-state index contributed by atoms with van der Waals surface area (Å²) in [6.45, 7) is 3.99. The van der Waals surface area contributed by atoms with Crippen LogP contribution in [-0.4, -0.2) is 23.9 Å². The van der Waals surface area contributed by atoms with Gasteiger partial charge in [0, 0.05) is 13.5 Å². The quantitative estimate of drug-likeness (QED) is 0.855. The monoisotopic (exact) mass is 264 g/mol. The molecule has 1 aromatic carbocycles. The molecule has 0 heterocycles. The van der Waals surface area contributed by atoms with Crippen molar-refractivity contribution in [3.05, 3.63) is 29.8 Å². The molecule has 0 bridgehead atoms. The zero-order valence-corrected chi connectivity index (χ0v) is 12.1. The third-order valence-electron chi connectivity index (χ3n) is 3.88. The molecule has 1 aliphatic rings. The Balaban J connectivity index is 2.04. The van der Waals surface area contributed by atoms with Crippen LogP contribution in [0.1, 0.15) is 51.2 Å². The molecule has 19 heavy (non-hydrogen) atoms. The van der Waals surface area contributed by atoms with Crippen LogP contribution in [0.15, 0.2) is 24.3 Å². The Morgan fingerprint density at radius 1 is 1.32 bits per heavy atom. The van der Waals surface area contributed by atoms with Crippen LogP contribution in [0, 0.1) is 0 Å². The number of hydrogen-bond acceptors (Lipinski definition) is 3. The van der Waals surface area contributed by atoms with Crippen LogP contribution >= 0.6 is 0 Å². The van der Waals surface area contributed by atoms with Gasteiger partial charge in [-0.1, -0.05) is 12.1 Å². The van der Waals surface area contributed by atoms with Gasteiger partial charge in [0.2, 0.25) is 0 Å². The Kier molecular flexibility index (Phi) is 4.48. The molecular formula is C16H24O3. The molecule has 0 spiro atoms. The summed E-state index contributed by atoms with van der Waals surface area (Å²) in [4.78, 5) is 0. The fraction of sp³-hybridized carbons (Fsp3) is 0.625. The van der Waals surface area contributed by atoms with E-state index in [2.05, 4.69) is 0 Å². The lowest BCUT2D eigenvalue weighted by Crippen LogP contribution is -2.40. The summed E-state index contributed by atoms with van der Waals surface area (Å²) < 4.78 is 11.2. The van der Waals surface area contributed by atoms with E-state index in [0.717, 1.165) is 24.2 Å². The van der Waals surface area contributed by atoms with Crippen LogP contribution in [0.4, 0.5) is 0 Å². The van der Waals surface area contributed by atoms with Crippen molar-refractivity contribution in [2.45, 2.75) is 57.3 Å². The van der Waals surface area contributed by atoms with E-state index in [1.54, 1.807) is 7.11 Å². The van der Waals surface area contributed by atoms with Gasteiger partial charge in [0.25, 0.3) is 0 Å². The Morgan fingerprint density at radius 3 is 2.58 bits per heavy atom. The van der Waals surface area contributed by atoms with Crippen molar-refractivity contribution in [3.63, 3.8) is 0 Å². The van der Waals surface area contributed by atoms with Crippen molar-refractivity contribution < 1.29 is 14.6 Å². The first-order chi connectivity index (χ1) is 9.04. The minimum Gasteiger partial charge on any atom is -0.491 e. The minimum atomic E-state index is -0.490. The molecule has 3 heteroatoms. The normalized spacial score (nSPS) is 19.0. The topological polar surface area (TPSA) is 38.7 Å². The highest BCUT2D eigenvalue weighted by atomic mass is 16.5. The van der Waals surface area contributed by atoms with Crippen molar-refractivity contribution in [2.75, 3.05) is 7.11 Å². The van der Waals surface area contributed by atoms with Crippen LogP contribution in [0.5, 0.6) is 5.75 Å². The molecule has 1 saturated carbocycles. The third-order valence-corrected chi connectivity index (χ3v) is 3.88. The smallest absolute Gasteiger partial charge is 0.120 e. The highest BCUT2D eigenvalue weighted by molar-refractivity contribution is 5.30. The number of ether oxygens (including phenoxy) is 2. The molecule has 0 amide bonds. The van der Waals surface area contributed by atoms with Crippen molar-refractivity contribution in [1.29, 1.82) is 0 Å². The summed E-state index contributed by atoms with van der Waals surface area (Å²) in [5, 5.41) is 10.4. The van der Waals surface area contributed by atoms with Gasteiger partial charge < -0.3 is 14.6 Å². The van der Waals surface area contributed by atoms with E-state index in [4.69, 9.17) is 9.47 Å². The average molecular weight is 264 g/mol. The molecule has 1 atom stereocenters. The van der Waals surface area contributed by atoms with E-state index < -0.39 is 6.10 Å². The fourth-order valence-corrected chi connectivity index (χ4v) is 2.60. The second kappa shape index (κ2) is 5.93. The van der Waals surface area contributed by atoms with E-state index in [1.165, 1.54) is 6.42 Å². The van der Waals surface area contributed by atoms with E-state index in [0.29, 0.717) is 6.42 Å². The number of rotatable bonds is 6. The van der Waals surface area contributed by atoms with Gasteiger partial charge in [0.15, 0.2) is 0 Å². The first-order valence-electron chi connectivity index (χ1n) is 7.04. The first kappa shape index (κ1) is 14.4. The van der Waals surface area contributed by atoms with Gasteiger partial charge in [0.1, 0.15) is 5.75 Å². The van der Waals surface area contributed by atoms with E-state index in [1.807, 2.05) is 38.1 Å². The van der Waals surface area contributed by atoms with Crippen LogP contribution < -0.4 is 4.74 Å². The summed E-state index contributed by atoms with van der Waals surface area (Å²) >= 11 is 0. The molecule has 1 unspecified atom stereocenters. The number of benzene rings is 1. The van der Waals surface area contributed by atoms with Crippen LogP contribution in [0.25, 0.3) is 0 Å². The van der Waals surface area contributed by atoms with Gasteiger partial charge in [-0.3, -0.25) is 0 Å². The maximum Gasteiger partial charge on any atom is 0.120 e. The fourth-order valence-electron chi connectivity index (χ4n) is 2.60. The van der Waals surface area contributed by atoms with E-state index in [-0.39, 0.29) is 11.7 Å². The van der Waals surface area contributed by atoms with Gasteiger partial charge in [-0.15, -0.1) is 0 Å². The van der Waals surface area contributed by atoms with Crippen molar-refractivity contribution in [3.8, 4) is 5.75 Å². The van der Waals surface area contributed by atoms with E-state index in [9.17, 15) is 5.11 Å². The van der Waals surface area contributed by atoms with Gasteiger partial charge in [0.05, 0.1) is 17.8 Å². The molecule has 1 fully saturated rings. The molecule has 1 aromatic rings. The predicted octanol–water partition coefficient (Wildman–Crippen LogP) is 3.47. The summed E-state index contributed by atoms with van der Waals surface area (Å²) in [5.74, 6) is 0.812. The first-order valence-corrected chi connectivity index (χ1v) is 7.04. The minimum absolute atomic E-state index is 0.117. The molecule has 0 radical (unpaired) electrons. The SMILES string of the molecule is COC1(CC(O)c2cccc(OC(C)C)c2)CCC1.